The Morgan fingerprint density at radius 2 is 2.00 bits per heavy atom. The number of aromatic carboxylic acids is 1. The summed E-state index contributed by atoms with van der Waals surface area (Å²) in [5.74, 6) is -1.21. The van der Waals surface area contributed by atoms with E-state index < -0.39 is 5.97 Å². The summed E-state index contributed by atoms with van der Waals surface area (Å²) in [5, 5.41) is 10.8. The zero-order valence-corrected chi connectivity index (χ0v) is 10.1. The first kappa shape index (κ1) is 12.1. The normalized spacial score (nSPS) is 10.3. The molecule has 2 rings (SSSR count). The summed E-state index contributed by atoms with van der Waals surface area (Å²) in [7, 11) is 0. The van der Waals surface area contributed by atoms with E-state index in [1.165, 1.54) is 12.1 Å². The van der Waals surface area contributed by atoms with Crippen LogP contribution in [-0.2, 0) is 0 Å². The first-order valence-electron chi connectivity index (χ1n) is 5.50. The predicted molar refractivity (Wildman–Crippen MR) is 65.0 cm³/mol. The number of aryl methyl sites for hydroxylation is 1. The lowest BCUT2D eigenvalue weighted by molar-refractivity contribution is -0.255. The number of aromatic nitrogens is 1. The predicted octanol–water partition coefficient (Wildman–Crippen LogP) is 1.27. The Morgan fingerprint density at radius 1 is 1.28 bits per heavy atom. The third kappa shape index (κ3) is 1.93. The van der Waals surface area contributed by atoms with Crippen molar-refractivity contribution in [3.8, 4) is 5.69 Å². The maximum absolute atomic E-state index is 10.9. The van der Waals surface area contributed by atoms with E-state index in [0.29, 0.717) is 11.3 Å². The molecule has 92 valence electrons. The molecule has 4 heteroatoms. The number of hydrogen-bond donors (Lipinski definition) is 0. The number of carbonyl (C=O) groups excluding carboxylic acids is 2. The van der Waals surface area contributed by atoms with Gasteiger partial charge in [0.1, 0.15) is 0 Å². The molecule has 1 heterocycles. The van der Waals surface area contributed by atoms with Crippen LogP contribution in [0.15, 0.2) is 30.3 Å². The molecule has 4 nitrogen and oxygen atoms in total. The molecule has 0 aliphatic heterocycles. The van der Waals surface area contributed by atoms with Crippen molar-refractivity contribution >= 4 is 12.3 Å². The highest BCUT2D eigenvalue weighted by Gasteiger charge is 2.10. The second-order valence-corrected chi connectivity index (χ2v) is 4.12. The molecule has 0 amide bonds. The van der Waals surface area contributed by atoms with Crippen LogP contribution < -0.4 is 5.11 Å². The van der Waals surface area contributed by atoms with E-state index in [9.17, 15) is 14.7 Å². The summed E-state index contributed by atoms with van der Waals surface area (Å²) >= 11 is 0. The van der Waals surface area contributed by atoms with Gasteiger partial charge in [-0.3, -0.25) is 4.79 Å². The fraction of sp³-hybridized carbons (Fsp3) is 0.143. The molecule has 0 saturated heterocycles. The summed E-state index contributed by atoms with van der Waals surface area (Å²) in [6, 6.07) is 8.23. The number of carboxylic acid groups (broad SMARTS) is 1. The Labute approximate surface area is 104 Å². The summed E-state index contributed by atoms with van der Waals surface area (Å²) in [4.78, 5) is 21.7. The van der Waals surface area contributed by atoms with Crippen molar-refractivity contribution in [3.05, 3.63) is 52.8 Å². The van der Waals surface area contributed by atoms with E-state index in [1.54, 1.807) is 18.2 Å². The first-order chi connectivity index (χ1) is 8.54. The van der Waals surface area contributed by atoms with Crippen LogP contribution in [0.2, 0.25) is 0 Å². The highest BCUT2D eigenvalue weighted by molar-refractivity contribution is 5.86. The number of carboxylic acids is 1. The summed E-state index contributed by atoms with van der Waals surface area (Å²) in [5.41, 5.74) is 3.10. The molecule has 1 aromatic carbocycles. The first-order valence-corrected chi connectivity index (χ1v) is 5.50. The van der Waals surface area contributed by atoms with E-state index in [0.717, 1.165) is 17.7 Å². The van der Waals surface area contributed by atoms with Gasteiger partial charge in [-0.15, -0.1) is 0 Å². The van der Waals surface area contributed by atoms with Crippen molar-refractivity contribution in [2.75, 3.05) is 0 Å². The van der Waals surface area contributed by atoms with Gasteiger partial charge in [0, 0.05) is 22.6 Å². The van der Waals surface area contributed by atoms with E-state index in [2.05, 4.69) is 0 Å². The number of aldehydes is 1. The molecule has 0 fully saturated rings. The standard InChI is InChI=1S/C14H13NO3/c1-9-6-12(8-16)10(2)15(9)13-5-3-4-11(7-13)14(17)18/h3-8H,1-2H3,(H,17,18)/p-1. The second-order valence-electron chi connectivity index (χ2n) is 4.12. The minimum atomic E-state index is -1.21. The van der Waals surface area contributed by atoms with Gasteiger partial charge in [0.05, 0.1) is 5.97 Å². The van der Waals surface area contributed by atoms with Crippen molar-refractivity contribution in [3.63, 3.8) is 0 Å². The second kappa shape index (κ2) is 4.49. The van der Waals surface area contributed by atoms with Crippen LogP contribution in [0.3, 0.4) is 0 Å². The molecular formula is C14H12NO3-. The molecule has 0 aliphatic carbocycles. The average molecular weight is 242 g/mol. The molecule has 0 bridgehead atoms. The molecular weight excluding hydrogens is 230 g/mol. The third-order valence-electron chi connectivity index (χ3n) is 2.94. The molecule has 18 heavy (non-hydrogen) atoms. The topological polar surface area (TPSA) is 62.1 Å². The van der Waals surface area contributed by atoms with Crippen molar-refractivity contribution in [1.29, 1.82) is 0 Å². The molecule has 0 atom stereocenters. The lowest BCUT2D eigenvalue weighted by atomic mass is 10.2. The fourth-order valence-electron chi connectivity index (χ4n) is 2.08. The largest absolute Gasteiger partial charge is 0.545 e. The monoisotopic (exact) mass is 242 g/mol. The number of hydrogen-bond acceptors (Lipinski definition) is 3. The molecule has 2 aromatic rings. The van der Waals surface area contributed by atoms with E-state index in [1.807, 2.05) is 18.4 Å². The molecule has 0 N–H and O–H groups in total. The van der Waals surface area contributed by atoms with Crippen LogP contribution in [-0.4, -0.2) is 16.8 Å². The van der Waals surface area contributed by atoms with Gasteiger partial charge in [-0.05, 0) is 37.6 Å². The van der Waals surface area contributed by atoms with Crippen molar-refractivity contribution in [1.82, 2.24) is 4.57 Å². The molecule has 1 aromatic heterocycles. The minimum absolute atomic E-state index is 0.118. The van der Waals surface area contributed by atoms with Gasteiger partial charge >= 0.3 is 0 Å². The SMILES string of the molecule is Cc1cc(C=O)c(C)n1-c1cccc(C(=O)[O-])c1. The Balaban J connectivity index is 2.62. The zero-order valence-electron chi connectivity index (χ0n) is 10.1. The number of carbonyl (C=O) groups is 2. The summed E-state index contributed by atoms with van der Waals surface area (Å²) in [6.45, 7) is 3.69. The van der Waals surface area contributed by atoms with Gasteiger partial charge in [-0.1, -0.05) is 12.1 Å². The van der Waals surface area contributed by atoms with Gasteiger partial charge in [0.15, 0.2) is 6.29 Å². The Bertz CT molecular complexity index is 626. The quantitative estimate of drug-likeness (QED) is 0.761. The van der Waals surface area contributed by atoms with E-state index in [4.69, 9.17) is 0 Å². The van der Waals surface area contributed by atoms with Crippen molar-refractivity contribution < 1.29 is 14.7 Å². The van der Waals surface area contributed by atoms with Crippen LogP contribution in [0.4, 0.5) is 0 Å². The highest BCUT2D eigenvalue weighted by Crippen LogP contribution is 2.20. The van der Waals surface area contributed by atoms with Crippen molar-refractivity contribution in [2.45, 2.75) is 13.8 Å². The van der Waals surface area contributed by atoms with Crippen LogP contribution in [0.5, 0.6) is 0 Å². The van der Waals surface area contributed by atoms with Gasteiger partial charge in [0.25, 0.3) is 0 Å². The minimum Gasteiger partial charge on any atom is -0.545 e. The van der Waals surface area contributed by atoms with Gasteiger partial charge in [0.2, 0.25) is 0 Å². The maximum Gasteiger partial charge on any atom is 0.151 e. The van der Waals surface area contributed by atoms with E-state index in [-0.39, 0.29) is 5.56 Å². The van der Waals surface area contributed by atoms with E-state index >= 15 is 0 Å². The lowest BCUT2D eigenvalue weighted by Gasteiger charge is -2.11. The van der Waals surface area contributed by atoms with Crippen LogP contribution in [0.25, 0.3) is 5.69 Å². The van der Waals surface area contributed by atoms with Gasteiger partial charge < -0.3 is 14.5 Å². The Kier molecular flexibility index (Phi) is 3.02. The number of benzene rings is 1. The fourth-order valence-corrected chi connectivity index (χ4v) is 2.08. The van der Waals surface area contributed by atoms with Crippen molar-refractivity contribution in [2.24, 2.45) is 0 Å². The Morgan fingerprint density at radius 3 is 2.56 bits per heavy atom. The summed E-state index contributed by atoms with van der Waals surface area (Å²) in [6.07, 6.45) is 0.793. The van der Waals surface area contributed by atoms with Crippen LogP contribution in [0, 0.1) is 13.8 Å². The van der Waals surface area contributed by atoms with Crippen LogP contribution >= 0.6 is 0 Å². The zero-order chi connectivity index (χ0) is 13.3. The third-order valence-corrected chi connectivity index (χ3v) is 2.94. The Hall–Kier alpha value is -2.36. The van der Waals surface area contributed by atoms with Gasteiger partial charge in [-0.2, -0.15) is 0 Å². The molecule has 0 saturated carbocycles. The number of nitrogens with zero attached hydrogens (tertiary/aromatic N) is 1. The average Bonchev–Trinajstić information content (AvgIpc) is 2.64. The van der Waals surface area contributed by atoms with Gasteiger partial charge in [-0.25, -0.2) is 0 Å². The highest BCUT2D eigenvalue weighted by atomic mass is 16.4. The summed E-state index contributed by atoms with van der Waals surface area (Å²) < 4.78 is 1.84. The lowest BCUT2D eigenvalue weighted by Crippen LogP contribution is -2.22. The van der Waals surface area contributed by atoms with Crippen LogP contribution in [0.1, 0.15) is 32.1 Å². The molecule has 0 spiro atoms. The molecule has 0 radical (unpaired) electrons. The molecule has 0 aliphatic rings. The molecule has 0 unspecified atom stereocenters. The maximum atomic E-state index is 10.9. The smallest absolute Gasteiger partial charge is 0.151 e. The number of rotatable bonds is 3.